The van der Waals surface area contributed by atoms with Crippen molar-refractivity contribution >= 4 is 5.97 Å². The fraction of sp³-hybridized carbons (Fsp3) is 0.562. The molecule has 0 radical (unpaired) electrons. The van der Waals surface area contributed by atoms with Crippen LogP contribution in [0.1, 0.15) is 44.6 Å². The molecule has 0 aromatic heterocycles. The van der Waals surface area contributed by atoms with Gasteiger partial charge in [-0.05, 0) is 30.5 Å². The SMILES string of the molecule is CCCCCCOc1ccc(CCC(=O)OC)cc1. The van der Waals surface area contributed by atoms with Gasteiger partial charge in [0.05, 0.1) is 13.7 Å². The molecular formula is C16H24O3. The quantitative estimate of drug-likeness (QED) is 0.503. The highest BCUT2D eigenvalue weighted by atomic mass is 16.5. The van der Waals surface area contributed by atoms with Crippen LogP contribution in [0.3, 0.4) is 0 Å². The van der Waals surface area contributed by atoms with Crippen LogP contribution >= 0.6 is 0 Å². The molecule has 3 nitrogen and oxygen atoms in total. The minimum absolute atomic E-state index is 0.170. The standard InChI is InChI=1S/C16H24O3/c1-3-4-5-6-13-19-15-10-7-14(8-11-15)9-12-16(17)18-2/h7-8,10-11H,3-6,9,12-13H2,1-2H3. The van der Waals surface area contributed by atoms with Crippen LogP contribution in [0.4, 0.5) is 0 Å². The molecule has 0 aliphatic rings. The van der Waals surface area contributed by atoms with Crippen molar-refractivity contribution in [3.63, 3.8) is 0 Å². The van der Waals surface area contributed by atoms with Gasteiger partial charge in [-0.25, -0.2) is 0 Å². The number of aryl methyl sites for hydroxylation is 1. The van der Waals surface area contributed by atoms with Gasteiger partial charge >= 0.3 is 5.97 Å². The van der Waals surface area contributed by atoms with Crippen molar-refractivity contribution in [3.05, 3.63) is 29.8 Å². The zero-order valence-electron chi connectivity index (χ0n) is 12.0. The molecule has 19 heavy (non-hydrogen) atoms. The van der Waals surface area contributed by atoms with Crippen molar-refractivity contribution in [3.8, 4) is 5.75 Å². The van der Waals surface area contributed by atoms with Gasteiger partial charge < -0.3 is 9.47 Å². The molecule has 0 fully saturated rings. The summed E-state index contributed by atoms with van der Waals surface area (Å²) in [7, 11) is 1.41. The smallest absolute Gasteiger partial charge is 0.305 e. The third-order valence-corrected chi connectivity index (χ3v) is 3.04. The lowest BCUT2D eigenvalue weighted by molar-refractivity contribution is -0.140. The largest absolute Gasteiger partial charge is 0.494 e. The summed E-state index contributed by atoms with van der Waals surface area (Å²) in [5.74, 6) is 0.731. The van der Waals surface area contributed by atoms with E-state index in [4.69, 9.17) is 4.74 Å². The van der Waals surface area contributed by atoms with E-state index in [1.165, 1.54) is 26.4 Å². The molecule has 0 unspecified atom stereocenters. The van der Waals surface area contributed by atoms with Gasteiger partial charge in [-0.15, -0.1) is 0 Å². The summed E-state index contributed by atoms with van der Waals surface area (Å²) in [5, 5.41) is 0. The number of methoxy groups -OCH3 is 1. The number of hydrogen-bond donors (Lipinski definition) is 0. The molecule has 106 valence electrons. The Bertz CT molecular complexity index is 357. The van der Waals surface area contributed by atoms with Crippen molar-refractivity contribution < 1.29 is 14.3 Å². The molecule has 0 atom stereocenters. The van der Waals surface area contributed by atoms with Gasteiger partial charge in [0.15, 0.2) is 0 Å². The fourth-order valence-electron chi connectivity index (χ4n) is 1.82. The lowest BCUT2D eigenvalue weighted by atomic mass is 10.1. The van der Waals surface area contributed by atoms with Crippen LogP contribution in [0.25, 0.3) is 0 Å². The molecule has 0 aliphatic heterocycles. The van der Waals surface area contributed by atoms with Crippen LogP contribution < -0.4 is 4.74 Å². The maximum absolute atomic E-state index is 11.0. The first-order chi connectivity index (χ1) is 9.26. The third kappa shape index (κ3) is 6.85. The van der Waals surface area contributed by atoms with Crippen molar-refractivity contribution in [2.24, 2.45) is 0 Å². The predicted molar refractivity (Wildman–Crippen MR) is 76.4 cm³/mol. The van der Waals surface area contributed by atoms with Crippen molar-refractivity contribution in [1.82, 2.24) is 0 Å². The Balaban J connectivity index is 2.25. The maximum Gasteiger partial charge on any atom is 0.305 e. The fourth-order valence-corrected chi connectivity index (χ4v) is 1.82. The Hall–Kier alpha value is -1.51. The second-order valence-electron chi connectivity index (χ2n) is 4.63. The van der Waals surface area contributed by atoms with E-state index in [0.29, 0.717) is 12.8 Å². The van der Waals surface area contributed by atoms with Gasteiger partial charge in [-0.1, -0.05) is 38.3 Å². The number of benzene rings is 1. The highest BCUT2D eigenvalue weighted by Crippen LogP contribution is 2.14. The van der Waals surface area contributed by atoms with Gasteiger partial charge in [-0.2, -0.15) is 0 Å². The van der Waals surface area contributed by atoms with Crippen LogP contribution in [0.2, 0.25) is 0 Å². The molecule has 0 bridgehead atoms. The maximum atomic E-state index is 11.0. The van der Waals surface area contributed by atoms with Crippen molar-refractivity contribution in [1.29, 1.82) is 0 Å². The second kappa shape index (κ2) is 9.42. The number of carbonyl (C=O) groups is 1. The van der Waals surface area contributed by atoms with Crippen molar-refractivity contribution in [2.75, 3.05) is 13.7 Å². The number of hydrogen-bond acceptors (Lipinski definition) is 3. The Labute approximate surface area is 115 Å². The van der Waals surface area contributed by atoms with E-state index >= 15 is 0 Å². The molecule has 0 heterocycles. The van der Waals surface area contributed by atoms with E-state index in [1.54, 1.807) is 0 Å². The molecule has 0 N–H and O–H groups in total. The molecule has 0 spiro atoms. The molecule has 1 rings (SSSR count). The van der Waals surface area contributed by atoms with E-state index in [9.17, 15) is 4.79 Å². The molecule has 0 aliphatic carbocycles. The Morgan fingerprint density at radius 3 is 2.47 bits per heavy atom. The normalized spacial score (nSPS) is 10.2. The Kier molecular flexibility index (Phi) is 7.71. The molecule has 3 heteroatoms. The zero-order chi connectivity index (χ0) is 13.9. The molecule has 0 saturated heterocycles. The van der Waals surface area contributed by atoms with Gasteiger partial charge in [0.25, 0.3) is 0 Å². The molecule has 1 aromatic rings. The topological polar surface area (TPSA) is 35.5 Å². The van der Waals surface area contributed by atoms with Gasteiger partial charge in [-0.3, -0.25) is 4.79 Å². The molecule has 0 saturated carbocycles. The summed E-state index contributed by atoms with van der Waals surface area (Å²) < 4.78 is 10.3. The second-order valence-corrected chi connectivity index (χ2v) is 4.63. The number of ether oxygens (including phenoxy) is 2. The highest BCUT2D eigenvalue weighted by Gasteiger charge is 2.01. The third-order valence-electron chi connectivity index (χ3n) is 3.04. The summed E-state index contributed by atoms with van der Waals surface area (Å²) in [5.41, 5.74) is 1.13. The van der Waals surface area contributed by atoms with E-state index in [-0.39, 0.29) is 5.97 Å². The van der Waals surface area contributed by atoms with Crippen LogP contribution in [0, 0.1) is 0 Å². The summed E-state index contributed by atoms with van der Waals surface area (Å²) >= 11 is 0. The Morgan fingerprint density at radius 1 is 1.11 bits per heavy atom. The van der Waals surface area contributed by atoms with Gasteiger partial charge in [0, 0.05) is 6.42 Å². The van der Waals surface area contributed by atoms with Crippen LogP contribution in [-0.2, 0) is 16.0 Å². The van der Waals surface area contributed by atoms with E-state index < -0.39 is 0 Å². The average molecular weight is 264 g/mol. The van der Waals surface area contributed by atoms with Crippen LogP contribution in [0.15, 0.2) is 24.3 Å². The van der Waals surface area contributed by atoms with Gasteiger partial charge in [0.1, 0.15) is 5.75 Å². The lowest BCUT2D eigenvalue weighted by Crippen LogP contribution is -2.02. The monoisotopic (exact) mass is 264 g/mol. The van der Waals surface area contributed by atoms with Crippen LogP contribution in [-0.4, -0.2) is 19.7 Å². The number of esters is 1. The predicted octanol–water partition coefficient (Wildman–Crippen LogP) is 3.75. The number of rotatable bonds is 9. The average Bonchev–Trinajstić information content (AvgIpc) is 2.45. The minimum atomic E-state index is -0.170. The van der Waals surface area contributed by atoms with Crippen LogP contribution in [0.5, 0.6) is 5.75 Å². The first-order valence-corrected chi connectivity index (χ1v) is 7.04. The summed E-state index contributed by atoms with van der Waals surface area (Å²) in [6.45, 7) is 2.98. The lowest BCUT2D eigenvalue weighted by Gasteiger charge is -2.07. The first kappa shape index (κ1) is 15.5. The van der Waals surface area contributed by atoms with E-state index in [1.807, 2.05) is 24.3 Å². The summed E-state index contributed by atoms with van der Waals surface area (Å²) in [6, 6.07) is 7.94. The summed E-state index contributed by atoms with van der Waals surface area (Å²) in [4.78, 5) is 11.0. The van der Waals surface area contributed by atoms with E-state index in [2.05, 4.69) is 11.7 Å². The Morgan fingerprint density at radius 2 is 1.84 bits per heavy atom. The summed E-state index contributed by atoms with van der Waals surface area (Å²) in [6.07, 6.45) is 5.99. The van der Waals surface area contributed by atoms with E-state index in [0.717, 1.165) is 24.3 Å². The molecular weight excluding hydrogens is 240 g/mol. The minimum Gasteiger partial charge on any atom is -0.494 e. The van der Waals surface area contributed by atoms with Crippen molar-refractivity contribution in [2.45, 2.75) is 45.4 Å². The number of carbonyl (C=O) groups excluding carboxylic acids is 1. The zero-order valence-corrected chi connectivity index (χ0v) is 12.0. The number of unbranched alkanes of at least 4 members (excludes halogenated alkanes) is 3. The first-order valence-electron chi connectivity index (χ1n) is 7.04. The highest BCUT2D eigenvalue weighted by molar-refractivity contribution is 5.69. The van der Waals surface area contributed by atoms with Gasteiger partial charge in [0.2, 0.25) is 0 Å². The molecule has 1 aromatic carbocycles. The molecule has 0 amide bonds.